The number of anilines is 1. The lowest BCUT2D eigenvalue weighted by Crippen LogP contribution is -2.49. The van der Waals surface area contributed by atoms with Crippen LogP contribution in [0.5, 0.6) is 0 Å². The molecule has 0 aromatic heterocycles. The number of amides is 1. The van der Waals surface area contributed by atoms with Gasteiger partial charge < -0.3 is 5.32 Å². The summed E-state index contributed by atoms with van der Waals surface area (Å²) in [7, 11) is -3.38. The Kier molecular flexibility index (Phi) is 4.91. The van der Waals surface area contributed by atoms with Crippen molar-refractivity contribution in [2.24, 2.45) is 0 Å². The van der Waals surface area contributed by atoms with E-state index in [-0.39, 0.29) is 5.91 Å². The summed E-state index contributed by atoms with van der Waals surface area (Å²) in [5, 5.41) is 3.32. The maximum Gasteiger partial charge on any atom is 0.242 e. The monoisotopic (exact) mass is 330 g/mol. The van der Waals surface area contributed by atoms with Gasteiger partial charge in [0.15, 0.2) is 0 Å². The van der Waals surface area contributed by atoms with E-state index >= 15 is 0 Å². The Bertz CT molecular complexity index is 646. The van der Waals surface area contributed by atoms with Crippen LogP contribution in [-0.4, -0.2) is 37.5 Å². The van der Waals surface area contributed by atoms with Crippen LogP contribution in [0.15, 0.2) is 18.2 Å². The fraction of sp³-hybridized carbons (Fsp3) is 0.500. The second-order valence-corrected chi connectivity index (χ2v) is 7.71. The van der Waals surface area contributed by atoms with E-state index in [0.717, 1.165) is 24.7 Å². The fourth-order valence-electron chi connectivity index (χ4n) is 2.51. The number of halogens is 1. The molecule has 1 heterocycles. The highest BCUT2D eigenvalue weighted by molar-refractivity contribution is 7.88. The minimum Gasteiger partial charge on any atom is -0.324 e. The molecule has 1 N–H and O–H groups in total. The van der Waals surface area contributed by atoms with Crippen molar-refractivity contribution in [3.05, 3.63) is 28.8 Å². The first-order valence-electron chi connectivity index (χ1n) is 6.83. The number of benzene rings is 1. The van der Waals surface area contributed by atoms with Gasteiger partial charge >= 0.3 is 0 Å². The minimum absolute atomic E-state index is 0.300. The number of piperidine rings is 1. The lowest BCUT2D eigenvalue weighted by atomic mass is 10.0. The van der Waals surface area contributed by atoms with Crippen LogP contribution in [0.3, 0.4) is 0 Å². The summed E-state index contributed by atoms with van der Waals surface area (Å²) >= 11 is 5.93. The summed E-state index contributed by atoms with van der Waals surface area (Å²) in [4.78, 5) is 12.4. The Morgan fingerprint density at radius 1 is 1.38 bits per heavy atom. The van der Waals surface area contributed by atoms with E-state index < -0.39 is 16.1 Å². The summed E-state index contributed by atoms with van der Waals surface area (Å²) in [6, 6.07) is 4.58. The van der Waals surface area contributed by atoms with Gasteiger partial charge in [0, 0.05) is 17.3 Å². The molecule has 1 aliphatic rings. The van der Waals surface area contributed by atoms with Gasteiger partial charge in [-0.3, -0.25) is 4.79 Å². The molecule has 21 heavy (non-hydrogen) atoms. The molecule has 1 fully saturated rings. The predicted octanol–water partition coefficient (Wildman–Crippen LogP) is 2.40. The van der Waals surface area contributed by atoms with Gasteiger partial charge in [-0.05, 0) is 37.5 Å². The maximum atomic E-state index is 12.4. The molecule has 1 amide bonds. The zero-order valence-corrected chi connectivity index (χ0v) is 13.7. The van der Waals surface area contributed by atoms with Crippen LogP contribution in [0.1, 0.15) is 24.8 Å². The van der Waals surface area contributed by atoms with Crippen molar-refractivity contribution in [1.29, 1.82) is 0 Å². The SMILES string of the molecule is Cc1ccc(Cl)cc1NC(=O)C1CCCCN1S(C)(=O)=O. The molecule has 1 saturated heterocycles. The van der Waals surface area contributed by atoms with Crippen molar-refractivity contribution in [3.8, 4) is 0 Å². The summed E-state index contributed by atoms with van der Waals surface area (Å²) in [6.07, 6.45) is 3.31. The molecule has 1 aromatic rings. The number of carbonyl (C=O) groups is 1. The second-order valence-electron chi connectivity index (χ2n) is 5.33. The third kappa shape index (κ3) is 3.96. The van der Waals surface area contributed by atoms with Gasteiger partial charge in [-0.25, -0.2) is 8.42 Å². The van der Waals surface area contributed by atoms with Gasteiger partial charge in [0.05, 0.1) is 6.26 Å². The number of aryl methyl sites for hydroxylation is 1. The third-order valence-corrected chi connectivity index (χ3v) is 5.16. The van der Waals surface area contributed by atoms with Gasteiger partial charge in [-0.2, -0.15) is 4.31 Å². The smallest absolute Gasteiger partial charge is 0.242 e. The number of rotatable bonds is 3. The van der Waals surface area contributed by atoms with Crippen LogP contribution in [0.25, 0.3) is 0 Å². The Hall–Kier alpha value is -1.11. The zero-order valence-electron chi connectivity index (χ0n) is 12.1. The Balaban J connectivity index is 2.20. The molecular formula is C14H19ClN2O3S. The van der Waals surface area contributed by atoms with Crippen molar-refractivity contribution in [1.82, 2.24) is 4.31 Å². The highest BCUT2D eigenvalue weighted by atomic mass is 35.5. The Morgan fingerprint density at radius 3 is 2.76 bits per heavy atom. The standard InChI is InChI=1S/C14H19ClN2O3S/c1-10-6-7-11(15)9-12(10)16-14(18)13-5-3-4-8-17(13)21(2,19)20/h6-7,9,13H,3-5,8H2,1-2H3,(H,16,18). The normalized spacial score (nSPS) is 20.2. The van der Waals surface area contributed by atoms with Crippen LogP contribution in [0, 0.1) is 6.92 Å². The average molecular weight is 331 g/mol. The van der Waals surface area contributed by atoms with E-state index in [1.54, 1.807) is 12.1 Å². The van der Waals surface area contributed by atoms with E-state index in [1.165, 1.54) is 4.31 Å². The van der Waals surface area contributed by atoms with E-state index in [4.69, 9.17) is 11.6 Å². The lowest BCUT2D eigenvalue weighted by molar-refractivity contribution is -0.120. The molecule has 0 aliphatic carbocycles. The van der Waals surface area contributed by atoms with E-state index in [2.05, 4.69) is 5.32 Å². The molecule has 116 valence electrons. The molecule has 1 aliphatic heterocycles. The fourth-order valence-corrected chi connectivity index (χ4v) is 3.81. The van der Waals surface area contributed by atoms with E-state index in [0.29, 0.717) is 23.7 Å². The van der Waals surface area contributed by atoms with Gasteiger partial charge in [-0.1, -0.05) is 24.1 Å². The van der Waals surface area contributed by atoms with Crippen molar-refractivity contribution in [2.45, 2.75) is 32.2 Å². The number of sulfonamides is 1. The van der Waals surface area contributed by atoms with Crippen molar-refractivity contribution in [2.75, 3.05) is 18.1 Å². The molecule has 2 rings (SSSR count). The quantitative estimate of drug-likeness (QED) is 0.925. The maximum absolute atomic E-state index is 12.4. The molecule has 1 aromatic carbocycles. The second kappa shape index (κ2) is 6.34. The van der Waals surface area contributed by atoms with Gasteiger partial charge in [0.2, 0.25) is 15.9 Å². The molecule has 0 bridgehead atoms. The topological polar surface area (TPSA) is 66.5 Å². The highest BCUT2D eigenvalue weighted by Gasteiger charge is 2.34. The molecule has 0 spiro atoms. The number of hydrogen-bond acceptors (Lipinski definition) is 3. The van der Waals surface area contributed by atoms with Gasteiger partial charge in [0.1, 0.15) is 6.04 Å². The molecular weight excluding hydrogens is 312 g/mol. The average Bonchev–Trinajstić information content (AvgIpc) is 2.42. The van der Waals surface area contributed by atoms with Crippen LogP contribution in [-0.2, 0) is 14.8 Å². The number of nitrogens with one attached hydrogen (secondary N) is 1. The Morgan fingerprint density at radius 2 is 2.10 bits per heavy atom. The number of hydrogen-bond donors (Lipinski definition) is 1. The first-order valence-corrected chi connectivity index (χ1v) is 9.05. The predicted molar refractivity (Wildman–Crippen MR) is 84.0 cm³/mol. The van der Waals surface area contributed by atoms with Crippen LogP contribution < -0.4 is 5.32 Å². The summed E-state index contributed by atoms with van der Waals surface area (Å²) in [5.74, 6) is -0.300. The summed E-state index contributed by atoms with van der Waals surface area (Å²) in [6.45, 7) is 2.26. The number of carbonyl (C=O) groups excluding carboxylic acids is 1. The van der Waals surface area contributed by atoms with Gasteiger partial charge in [0.25, 0.3) is 0 Å². The van der Waals surface area contributed by atoms with Crippen LogP contribution in [0.4, 0.5) is 5.69 Å². The van der Waals surface area contributed by atoms with Crippen LogP contribution >= 0.6 is 11.6 Å². The first kappa shape index (κ1) is 16.3. The molecule has 5 nitrogen and oxygen atoms in total. The van der Waals surface area contributed by atoms with Gasteiger partial charge in [-0.15, -0.1) is 0 Å². The molecule has 7 heteroatoms. The first-order chi connectivity index (χ1) is 9.79. The number of nitrogens with zero attached hydrogens (tertiary/aromatic N) is 1. The van der Waals surface area contributed by atoms with E-state index in [1.807, 2.05) is 13.0 Å². The minimum atomic E-state index is -3.38. The van der Waals surface area contributed by atoms with Crippen molar-refractivity contribution < 1.29 is 13.2 Å². The molecule has 0 saturated carbocycles. The molecule has 0 radical (unpaired) electrons. The van der Waals surface area contributed by atoms with E-state index in [9.17, 15) is 13.2 Å². The lowest BCUT2D eigenvalue weighted by Gasteiger charge is -2.32. The Labute approximate surface area is 130 Å². The highest BCUT2D eigenvalue weighted by Crippen LogP contribution is 2.24. The molecule has 1 unspecified atom stereocenters. The van der Waals surface area contributed by atoms with Crippen LogP contribution in [0.2, 0.25) is 5.02 Å². The summed E-state index contributed by atoms with van der Waals surface area (Å²) < 4.78 is 24.9. The third-order valence-electron chi connectivity index (χ3n) is 3.64. The zero-order chi connectivity index (χ0) is 15.6. The van der Waals surface area contributed by atoms with Crippen molar-refractivity contribution >= 4 is 33.2 Å². The molecule has 1 atom stereocenters. The van der Waals surface area contributed by atoms with Crippen molar-refractivity contribution in [3.63, 3.8) is 0 Å². The largest absolute Gasteiger partial charge is 0.324 e. The summed E-state index contributed by atoms with van der Waals surface area (Å²) in [5.41, 5.74) is 1.50.